The molecular weight excluding hydrogens is 556 g/mol. The summed E-state index contributed by atoms with van der Waals surface area (Å²) < 4.78 is 13.1. The Morgan fingerprint density at radius 1 is 1.07 bits per heavy atom. The van der Waals surface area contributed by atoms with Crippen LogP contribution in [0.1, 0.15) is 109 Å². The normalized spacial score (nSPS) is 15.3. The van der Waals surface area contributed by atoms with E-state index in [1.54, 1.807) is 13.4 Å². The summed E-state index contributed by atoms with van der Waals surface area (Å²) in [4.78, 5) is 30.0. The number of amides is 1. The molecular formula is C35H40N4O3S. The summed E-state index contributed by atoms with van der Waals surface area (Å²) in [5, 5.41) is 1.49. The summed E-state index contributed by atoms with van der Waals surface area (Å²) in [7, 11) is 1.69. The van der Waals surface area contributed by atoms with Crippen molar-refractivity contribution in [2.24, 2.45) is 0 Å². The molecule has 0 unspecified atom stereocenters. The zero-order valence-electron chi connectivity index (χ0n) is 25.6. The van der Waals surface area contributed by atoms with Crippen molar-refractivity contribution < 1.29 is 14.3 Å². The van der Waals surface area contributed by atoms with Gasteiger partial charge in [0, 0.05) is 33.3 Å². The van der Waals surface area contributed by atoms with Gasteiger partial charge in [0.1, 0.15) is 11.4 Å². The summed E-state index contributed by atoms with van der Waals surface area (Å²) in [5.74, 6) is 1.13. The predicted molar refractivity (Wildman–Crippen MR) is 176 cm³/mol. The van der Waals surface area contributed by atoms with Gasteiger partial charge in [-0.25, -0.2) is 4.98 Å². The Hall–Kier alpha value is -3.78. The van der Waals surface area contributed by atoms with Crippen LogP contribution in [0.3, 0.4) is 0 Å². The number of nitrogens with one attached hydrogen (secondary N) is 1. The molecule has 1 saturated carbocycles. The van der Waals surface area contributed by atoms with Crippen molar-refractivity contribution in [3.63, 3.8) is 0 Å². The lowest BCUT2D eigenvalue weighted by atomic mass is 9.81. The maximum absolute atomic E-state index is 13.2. The van der Waals surface area contributed by atoms with Gasteiger partial charge in [-0.1, -0.05) is 39.2 Å². The van der Waals surface area contributed by atoms with E-state index in [1.165, 1.54) is 47.9 Å². The molecule has 43 heavy (non-hydrogen) atoms. The largest absolute Gasteiger partial charge is 0.497 e. The Balaban J connectivity index is 1.64. The Kier molecular flexibility index (Phi) is 8.23. The average Bonchev–Trinajstić information content (AvgIpc) is 3.54. The molecule has 4 aromatic rings. The van der Waals surface area contributed by atoms with E-state index in [0.29, 0.717) is 23.7 Å². The third kappa shape index (κ3) is 5.42. The van der Waals surface area contributed by atoms with Gasteiger partial charge in [0.2, 0.25) is 0 Å². The number of fused-ring (bicyclic) bond motifs is 5. The monoisotopic (exact) mass is 596 g/mol. The van der Waals surface area contributed by atoms with Gasteiger partial charge in [0.15, 0.2) is 6.29 Å². The zero-order valence-corrected chi connectivity index (χ0v) is 26.5. The second kappa shape index (κ2) is 12.1. The number of allylic oxidation sites excluding steroid dienone is 1. The number of imidazole rings is 1. The molecule has 7 nitrogen and oxygen atoms in total. The third-order valence-corrected chi connectivity index (χ3v) is 9.51. The van der Waals surface area contributed by atoms with Crippen LogP contribution in [0.15, 0.2) is 42.7 Å². The summed E-state index contributed by atoms with van der Waals surface area (Å²) >= 11 is 1.43. The van der Waals surface area contributed by atoms with E-state index in [2.05, 4.69) is 70.8 Å². The molecule has 1 fully saturated rings. The first-order chi connectivity index (χ1) is 20.8. The number of nitrogens with zero attached hydrogens (tertiary/aromatic N) is 3. The van der Waals surface area contributed by atoms with Gasteiger partial charge in [0.05, 0.1) is 31.4 Å². The highest BCUT2D eigenvalue weighted by Crippen LogP contribution is 2.48. The van der Waals surface area contributed by atoms with E-state index in [9.17, 15) is 9.59 Å². The fourth-order valence-electron chi connectivity index (χ4n) is 6.74. The molecule has 224 valence electrons. The van der Waals surface area contributed by atoms with Crippen molar-refractivity contribution in [1.29, 1.82) is 0 Å². The number of carbonyl (C=O) groups excluding carboxylic acids is 2. The van der Waals surface area contributed by atoms with Crippen molar-refractivity contribution in [3.8, 4) is 17.0 Å². The molecule has 6 rings (SSSR count). The highest BCUT2D eigenvalue weighted by molar-refractivity contribution is 7.98. The van der Waals surface area contributed by atoms with E-state index in [1.807, 2.05) is 18.2 Å². The summed E-state index contributed by atoms with van der Waals surface area (Å²) in [6.07, 6.45) is 10.8. The molecule has 8 heteroatoms. The topological polar surface area (TPSA) is 78.2 Å². The van der Waals surface area contributed by atoms with E-state index in [0.717, 1.165) is 52.8 Å². The minimum absolute atomic E-state index is 0.0917. The maximum Gasteiger partial charge on any atom is 0.261 e. The Morgan fingerprint density at radius 2 is 1.86 bits per heavy atom. The quantitative estimate of drug-likeness (QED) is 0.164. The van der Waals surface area contributed by atoms with E-state index in [-0.39, 0.29) is 17.2 Å². The molecule has 2 aromatic carbocycles. The molecule has 0 bridgehead atoms. The van der Waals surface area contributed by atoms with Crippen LogP contribution in [0.2, 0.25) is 0 Å². The SMILES string of the molecule is COc1ccc2c(c1)C=C(c1c(C=O)ncn1C(C)C)Cn1c-2c(C2CCCCC2)c2ccc(C(=O)NSC(C)C)cc21. The third-order valence-electron chi connectivity index (χ3n) is 8.73. The lowest BCUT2D eigenvalue weighted by Gasteiger charge is -2.24. The zero-order chi connectivity index (χ0) is 30.2. The fourth-order valence-corrected chi connectivity index (χ4v) is 7.20. The van der Waals surface area contributed by atoms with Crippen LogP contribution in [-0.2, 0) is 6.54 Å². The minimum atomic E-state index is -0.0917. The van der Waals surface area contributed by atoms with Crippen LogP contribution in [0.25, 0.3) is 33.8 Å². The highest BCUT2D eigenvalue weighted by atomic mass is 32.2. The summed E-state index contributed by atoms with van der Waals surface area (Å²) in [5.41, 5.74) is 8.69. The highest BCUT2D eigenvalue weighted by Gasteiger charge is 2.31. The molecule has 1 N–H and O–H groups in total. The van der Waals surface area contributed by atoms with E-state index < -0.39 is 0 Å². The first-order valence-electron chi connectivity index (χ1n) is 15.3. The number of rotatable bonds is 8. The van der Waals surface area contributed by atoms with E-state index in [4.69, 9.17) is 4.74 Å². The molecule has 2 aromatic heterocycles. The second-order valence-electron chi connectivity index (χ2n) is 12.2. The van der Waals surface area contributed by atoms with Crippen LogP contribution < -0.4 is 9.46 Å². The van der Waals surface area contributed by atoms with Crippen LogP contribution in [0.4, 0.5) is 0 Å². The number of hydrogen-bond acceptors (Lipinski definition) is 5. The molecule has 0 spiro atoms. The van der Waals surface area contributed by atoms with Crippen molar-refractivity contribution in [1.82, 2.24) is 18.8 Å². The first-order valence-corrected chi connectivity index (χ1v) is 16.2. The molecule has 2 aliphatic rings. The van der Waals surface area contributed by atoms with Crippen LogP contribution in [0.5, 0.6) is 5.75 Å². The summed E-state index contributed by atoms with van der Waals surface area (Å²) in [6, 6.07) is 12.6. The predicted octanol–water partition coefficient (Wildman–Crippen LogP) is 8.30. The number of methoxy groups -OCH3 is 1. The Bertz CT molecular complexity index is 1720. The van der Waals surface area contributed by atoms with Crippen LogP contribution in [0, 0.1) is 0 Å². The van der Waals surface area contributed by atoms with Gasteiger partial charge >= 0.3 is 0 Å². The molecule has 0 atom stereocenters. The number of carbonyl (C=O) groups is 2. The van der Waals surface area contributed by atoms with Gasteiger partial charge in [0.25, 0.3) is 5.91 Å². The Labute approximate surface area is 257 Å². The Morgan fingerprint density at radius 3 is 2.56 bits per heavy atom. The first kappa shape index (κ1) is 29.3. The molecule has 0 saturated heterocycles. The second-order valence-corrected chi connectivity index (χ2v) is 13.6. The van der Waals surface area contributed by atoms with E-state index >= 15 is 0 Å². The maximum atomic E-state index is 13.2. The number of aromatic nitrogens is 3. The van der Waals surface area contributed by atoms with Crippen LogP contribution >= 0.6 is 11.9 Å². The van der Waals surface area contributed by atoms with Gasteiger partial charge in [-0.05, 0) is 97.7 Å². The average molecular weight is 597 g/mol. The van der Waals surface area contributed by atoms with Crippen molar-refractivity contribution >= 4 is 46.7 Å². The van der Waals surface area contributed by atoms with Crippen molar-refractivity contribution in [2.45, 2.75) is 83.6 Å². The number of hydrogen-bond donors (Lipinski definition) is 1. The molecule has 1 amide bonds. The fraction of sp³-hybridized carbons (Fsp3) is 0.400. The van der Waals surface area contributed by atoms with Crippen molar-refractivity contribution in [2.75, 3.05) is 7.11 Å². The number of aldehydes is 1. The van der Waals surface area contributed by atoms with Gasteiger partial charge in [-0.3, -0.25) is 14.3 Å². The summed E-state index contributed by atoms with van der Waals surface area (Å²) in [6.45, 7) is 8.87. The molecule has 1 aliphatic heterocycles. The molecule has 1 aliphatic carbocycles. The lowest BCUT2D eigenvalue weighted by Crippen LogP contribution is -2.18. The van der Waals surface area contributed by atoms with Gasteiger partial charge in [-0.2, -0.15) is 0 Å². The molecule has 3 heterocycles. The smallest absolute Gasteiger partial charge is 0.261 e. The van der Waals surface area contributed by atoms with Crippen molar-refractivity contribution in [3.05, 3.63) is 70.8 Å². The number of ether oxygens (including phenoxy) is 1. The minimum Gasteiger partial charge on any atom is -0.497 e. The van der Waals surface area contributed by atoms with Crippen LogP contribution in [-0.4, -0.2) is 38.7 Å². The molecule has 0 radical (unpaired) electrons. The van der Waals surface area contributed by atoms with Gasteiger partial charge < -0.3 is 13.9 Å². The standard InChI is InChI=1S/C35H40N4O3S/c1-21(2)39-20-36-30(19-40)33(39)26-15-25-16-27(42-5)12-14-28(25)34-32(23-9-7-6-8-10-23)29-13-11-24(17-31(29)38(34)18-26)35(41)37-43-22(3)4/h11-17,19-23H,6-10,18H2,1-5H3,(H,37,41). The lowest BCUT2D eigenvalue weighted by molar-refractivity contribution is 0.0984. The number of benzene rings is 2. The van der Waals surface area contributed by atoms with Gasteiger partial charge in [-0.15, -0.1) is 0 Å².